The molecule has 0 aliphatic carbocycles. The molecular formula is C9H10FN3O2S. The number of amides is 2. The first-order valence-electron chi connectivity index (χ1n) is 4.62. The fourth-order valence-electron chi connectivity index (χ4n) is 1.51. The standard InChI is InChI=1S/C9H10FN3O2S/c1-2-3-12-5-7(14)13(9(12)15)8-11-4-6(10)16-8/h2,4,7,14H,1,3,5H2. The Labute approximate surface area is 95.4 Å². The van der Waals surface area contributed by atoms with Crippen molar-refractivity contribution in [1.82, 2.24) is 9.88 Å². The molecule has 1 fully saturated rings. The molecule has 1 aliphatic rings. The second-order valence-electron chi connectivity index (χ2n) is 3.27. The Morgan fingerprint density at radius 3 is 3.12 bits per heavy atom. The Hall–Kier alpha value is -1.47. The van der Waals surface area contributed by atoms with E-state index in [0.29, 0.717) is 6.54 Å². The van der Waals surface area contributed by atoms with Crippen LogP contribution in [0.1, 0.15) is 0 Å². The molecule has 86 valence electrons. The molecule has 5 nitrogen and oxygen atoms in total. The van der Waals surface area contributed by atoms with E-state index in [0.717, 1.165) is 22.4 Å². The van der Waals surface area contributed by atoms with Crippen molar-refractivity contribution in [3.63, 3.8) is 0 Å². The summed E-state index contributed by atoms with van der Waals surface area (Å²) in [6.07, 6.45) is 1.60. The number of halogens is 1. The number of rotatable bonds is 3. The number of urea groups is 1. The molecule has 1 aliphatic heterocycles. The van der Waals surface area contributed by atoms with Gasteiger partial charge in [0.25, 0.3) is 0 Å². The summed E-state index contributed by atoms with van der Waals surface area (Å²) in [7, 11) is 0. The molecule has 1 aromatic rings. The first kappa shape index (κ1) is 11.0. The van der Waals surface area contributed by atoms with Crippen molar-refractivity contribution in [2.45, 2.75) is 6.23 Å². The molecule has 1 aromatic heterocycles. The molecule has 1 unspecified atom stereocenters. The minimum Gasteiger partial charge on any atom is -0.371 e. The summed E-state index contributed by atoms with van der Waals surface area (Å²) in [5.74, 6) is 0. The number of aromatic nitrogens is 1. The molecule has 0 bridgehead atoms. The molecule has 2 amide bonds. The molecule has 7 heteroatoms. The number of nitrogens with zero attached hydrogens (tertiary/aromatic N) is 3. The number of hydrogen-bond donors (Lipinski definition) is 1. The monoisotopic (exact) mass is 243 g/mol. The van der Waals surface area contributed by atoms with E-state index >= 15 is 0 Å². The van der Waals surface area contributed by atoms with Crippen molar-refractivity contribution in [1.29, 1.82) is 0 Å². The van der Waals surface area contributed by atoms with Gasteiger partial charge in [-0.1, -0.05) is 17.4 Å². The Morgan fingerprint density at radius 2 is 2.56 bits per heavy atom. The van der Waals surface area contributed by atoms with Crippen molar-refractivity contribution in [3.05, 3.63) is 24.0 Å². The van der Waals surface area contributed by atoms with E-state index in [9.17, 15) is 14.3 Å². The predicted molar refractivity (Wildman–Crippen MR) is 57.7 cm³/mol. The van der Waals surface area contributed by atoms with Crippen molar-refractivity contribution in [2.24, 2.45) is 0 Å². The van der Waals surface area contributed by atoms with Gasteiger partial charge < -0.3 is 10.0 Å². The normalized spacial score (nSPS) is 20.6. The molecule has 2 rings (SSSR count). The number of aliphatic hydroxyl groups is 1. The molecule has 2 heterocycles. The van der Waals surface area contributed by atoms with Gasteiger partial charge in [-0.3, -0.25) is 0 Å². The van der Waals surface area contributed by atoms with Crippen LogP contribution in [0.3, 0.4) is 0 Å². The minimum atomic E-state index is -0.988. The number of β-amino-alcohol motifs (C(OH)–C–C–N with tert-alkyl or cyclic N) is 1. The van der Waals surface area contributed by atoms with E-state index in [1.807, 2.05) is 0 Å². The lowest BCUT2D eigenvalue weighted by Crippen LogP contribution is -2.34. The number of aliphatic hydroxyl groups excluding tert-OH is 1. The average molecular weight is 243 g/mol. The molecule has 16 heavy (non-hydrogen) atoms. The third kappa shape index (κ3) is 1.79. The summed E-state index contributed by atoms with van der Waals surface area (Å²) in [5, 5.41) is 9.37. The van der Waals surface area contributed by atoms with Crippen LogP contribution in [0.4, 0.5) is 14.3 Å². The molecule has 1 saturated heterocycles. The van der Waals surface area contributed by atoms with Crippen molar-refractivity contribution in [3.8, 4) is 0 Å². The van der Waals surface area contributed by atoms with Crippen LogP contribution in [0.15, 0.2) is 18.9 Å². The molecule has 0 aromatic carbocycles. The summed E-state index contributed by atoms with van der Waals surface area (Å²) in [5.41, 5.74) is 0. The lowest BCUT2D eigenvalue weighted by atomic mass is 10.5. The van der Waals surface area contributed by atoms with E-state index in [1.54, 1.807) is 6.08 Å². The maximum atomic E-state index is 12.8. The zero-order valence-electron chi connectivity index (χ0n) is 8.34. The number of thiazole rings is 1. The molecular weight excluding hydrogens is 233 g/mol. The van der Waals surface area contributed by atoms with Crippen LogP contribution < -0.4 is 4.90 Å². The maximum Gasteiger partial charge on any atom is 0.328 e. The van der Waals surface area contributed by atoms with Crippen molar-refractivity contribution >= 4 is 22.5 Å². The highest BCUT2D eigenvalue weighted by atomic mass is 32.1. The second kappa shape index (κ2) is 4.18. The number of hydrogen-bond acceptors (Lipinski definition) is 4. The largest absolute Gasteiger partial charge is 0.371 e. The van der Waals surface area contributed by atoms with E-state index < -0.39 is 11.4 Å². The van der Waals surface area contributed by atoms with E-state index in [1.165, 1.54) is 4.90 Å². The van der Waals surface area contributed by atoms with E-state index in [4.69, 9.17) is 0 Å². The first-order valence-corrected chi connectivity index (χ1v) is 5.43. The molecule has 1 N–H and O–H groups in total. The van der Waals surface area contributed by atoms with Gasteiger partial charge in [-0.2, -0.15) is 4.39 Å². The predicted octanol–water partition coefficient (Wildman–Crippen LogP) is 1.03. The highest BCUT2D eigenvalue weighted by Crippen LogP contribution is 2.27. The fraction of sp³-hybridized carbons (Fsp3) is 0.333. The summed E-state index contributed by atoms with van der Waals surface area (Å²) < 4.78 is 12.8. The Kier molecular flexibility index (Phi) is 2.88. The second-order valence-corrected chi connectivity index (χ2v) is 4.23. The highest BCUT2D eigenvalue weighted by molar-refractivity contribution is 7.14. The molecule has 0 spiro atoms. The lowest BCUT2D eigenvalue weighted by Gasteiger charge is -2.15. The third-order valence-corrected chi connectivity index (χ3v) is 2.96. The number of carbonyl (C=O) groups is 1. The topological polar surface area (TPSA) is 56.7 Å². The SMILES string of the molecule is C=CCN1CC(O)N(c2ncc(F)s2)C1=O. The lowest BCUT2D eigenvalue weighted by molar-refractivity contribution is 0.180. The van der Waals surface area contributed by atoms with Gasteiger partial charge in [0.05, 0.1) is 12.7 Å². The highest BCUT2D eigenvalue weighted by Gasteiger charge is 2.38. The Morgan fingerprint density at radius 1 is 1.81 bits per heavy atom. The summed E-state index contributed by atoms with van der Waals surface area (Å²) >= 11 is 0.727. The van der Waals surface area contributed by atoms with E-state index in [-0.39, 0.29) is 17.7 Å². The van der Waals surface area contributed by atoms with Gasteiger partial charge >= 0.3 is 6.03 Å². The van der Waals surface area contributed by atoms with Crippen LogP contribution in [-0.2, 0) is 0 Å². The van der Waals surface area contributed by atoms with Crippen LogP contribution in [-0.4, -0.2) is 40.3 Å². The molecule has 0 radical (unpaired) electrons. The van der Waals surface area contributed by atoms with Crippen molar-refractivity contribution in [2.75, 3.05) is 18.0 Å². The number of anilines is 1. The Balaban J connectivity index is 2.22. The molecule has 1 atom stereocenters. The fourth-order valence-corrected chi connectivity index (χ4v) is 2.20. The van der Waals surface area contributed by atoms with E-state index in [2.05, 4.69) is 11.6 Å². The maximum absolute atomic E-state index is 12.8. The zero-order chi connectivity index (χ0) is 11.7. The van der Waals surface area contributed by atoms with Gasteiger partial charge in [-0.25, -0.2) is 14.7 Å². The third-order valence-electron chi connectivity index (χ3n) is 2.18. The van der Waals surface area contributed by atoms with Crippen molar-refractivity contribution < 1.29 is 14.3 Å². The minimum absolute atomic E-state index is 0.168. The van der Waals surface area contributed by atoms with Gasteiger partial charge in [0.1, 0.15) is 0 Å². The smallest absolute Gasteiger partial charge is 0.328 e. The first-order chi connectivity index (χ1) is 7.63. The van der Waals surface area contributed by atoms with Crippen LogP contribution in [0.5, 0.6) is 0 Å². The number of carbonyl (C=O) groups excluding carboxylic acids is 1. The summed E-state index contributed by atoms with van der Waals surface area (Å²) in [4.78, 5) is 18.0. The average Bonchev–Trinajstić information content (AvgIpc) is 2.74. The van der Waals surface area contributed by atoms with Gasteiger partial charge in [0.15, 0.2) is 16.5 Å². The summed E-state index contributed by atoms with van der Waals surface area (Å²) in [6.45, 7) is 4.04. The van der Waals surface area contributed by atoms with Gasteiger partial charge in [-0.15, -0.1) is 6.58 Å². The van der Waals surface area contributed by atoms with Gasteiger partial charge in [0, 0.05) is 6.54 Å². The quantitative estimate of drug-likeness (QED) is 0.807. The van der Waals surface area contributed by atoms with Gasteiger partial charge in [0.2, 0.25) is 0 Å². The van der Waals surface area contributed by atoms with Gasteiger partial charge in [-0.05, 0) is 0 Å². The van der Waals surface area contributed by atoms with Crippen LogP contribution in [0.2, 0.25) is 0 Å². The molecule has 0 saturated carbocycles. The zero-order valence-corrected chi connectivity index (χ0v) is 9.15. The van der Waals surface area contributed by atoms with Crippen LogP contribution in [0, 0.1) is 5.13 Å². The summed E-state index contributed by atoms with van der Waals surface area (Å²) in [6, 6.07) is -0.387. The van der Waals surface area contributed by atoms with Crippen LogP contribution in [0.25, 0.3) is 0 Å². The Bertz CT molecular complexity index is 423. The van der Waals surface area contributed by atoms with Crippen LogP contribution >= 0.6 is 11.3 Å².